The number of carbonyl (C=O) groups is 1. The van der Waals surface area contributed by atoms with Crippen LogP contribution in [0.4, 0.5) is 0 Å². The number of methoxy groups -OCH3 is 1. The maximum Gasteiger partial charge on any atom is 0.242 e. The minimum absolute atomic E-state index is 0.0292. The lowest BCUT2D eigenvalue weighted by Crippen LogP contribution is -2.26. The molecule has 0 unspecified atom stereocenters. The Balaban J connectivity index is 1.67. The molecule has 0 spiro atoms. The molecule has 2 aromatic carbocycles. The molecule has 3 rings (SSSR count). The molecule has 3 aromatic rings. The Morgan fingerprint density at radius 1 is 1.12 bits per heavy atom. The molecular weight excluding hydrogens is 452 g/mol. The van der Waals surface area contributed by atoms with E-state index in [1.165, 1.54) is 18.4 Å². The van der Waals surface area contributed by atoms with Gasteiger partial charge in [-0.05, 0) is 48.7 Å². The summed E-state index contributed by atoms with van der Waals surface area (Å²) >= 11 is 0. The van der Waals surface area contributed by atoms with Crippen LogP contribution >= 0.6 is 0 Å². The molecule has 34 heavy (non-hydrogen) atoms. The Morgan fingerprint density at radius 2 is 1.85 bits per heavy atom. The lowest BCUT2D eigenvalue weighted by molar-refractivity contribution is -0.121. The largest absolute Gasteiger partial charge is 0.497 e. The number of nitrogens with zero attached hydrogens (tertiary/aromatic N) is 3. The van der Waals surface area contributed by atoms with Crippen LogP contribution in [0.25, 0.3) is 11.0 Å². The summed E-state index contributed by atoms with van der Waals surface area (Å²) in [5, 5.41) is 2.98. The number of ether oxygens (including phenoxy) is 1. The second-order valence-corrected chi connectivity index (χ2v) is 10.6. The molecule has 1 aromatic heterocycles. The monoisotopic (exact) mass is 486 g/mol. The first-order chi connectivity index (χ1) is 16.3. The molecule has 1 N–H and O–H groups in total. The molecule has 0 saturated heterocycles. The van der Waals surface area contributed by atoms with Crippen molar-refractivity contribution in [1.82, 2.24) is 19.2 Å². The van der Waals surface area contributed by atoms with E-state index < -0.39 is 10.0 Å². The molecule has 0 bridgehead atoms. The highest BCUT2D eigenvalue weighted by Crippen LogP contribution is 2.23. The first kappa shape index (κ1) is 25.7. The zero-order valence-electron chi connectivity index (χ0n) is 20.4. The van der Waals surface area contributed by atoms with Crippen molar-refractivity contribution in [3.05, 3.63) is 53.9 Å². The number of imidazole rings is 1. The molecule has 0 atom stereocenters. The summed E-state index contributed by atoms with van der Waals surface area (Å²) in [6.45, 7) is 3.46. The lowest BCUT2D eigenvalue weighted by Gasteiger charge is -2.11. The van der Waals surface area contributed by atoms with Crippen LogP contribution in [-0.2, 0) is 34.2 Å². The molecule has 1 amide bonds. The van der Waals surface area contributed by atoms with Crippen molar-refractivity contribution in [3.8, 4) is 5.75 Å². The Morgan fingerprint density at radius 3 is 2.50 bits per heavy atom. The number of aryl methyl sites for hydroxylation is 2. The summed E-state index contributed by atoms with van der Waals surface area (Å²) in [5.74, 6) is 1.58. The Labute approximate surface area is 202 Å². The van der Waals surface area contributed by atoms with Gasteiger partial charge in [0.1, 0.15) is 11.6 Å². The maximum atomic E-state index is 12.5. The predicted molar refractivity (Wildman–Crippen MR) is 134 cm³/mol. The number of benzene rings is 2. The van der Waals surface area contributed by atoms with Crippen molar-refractivity contribution in [2.45, 2.75) is 50.5 Å². The van der Waals surface area contributed by atoms with Crippen LogP contribution in [0.2, 0.25) is 0 Å². The van der Waals surface area contributed by atoms with E-state index in [0.717, 1.165) is 48.5 Å². The van der Waals surface area contributed by atoms with Crippen molar-refractivity contribution in [3.63, 3.8) is 0 Å². The predicted octanol–water partition coefficient (Wildman–Crippen LogP) is 3.39. The summed E-state index contributed by atoms with van der Waals surface area (Å²) in [4.78, 5) is 17.4. The van der Waals surface area contributed by atoms with Gasteiger partial charge < -0.3 is 14.6 Å². The number of amides is 1. The van der Waals surface area contributed by atoms with Gasteiger partial charge in [-0.3, -0.25) is 4.79 Å². The van der Waals surface area contributed by atoms with Crippen molar-refractivity contribution >= 4 is 27.0 Å². The van der Waals surface area contributed by atoms with E-state index in [9.17, 15) is 13.2 Å². The molecule has 8 nitrogen and oxygen atoms in total. The van der Waals surface area contributed by atoms with Gasteiger partial charge in [-0.1, -0.05) is 25.5 Å². The normalized spacial score (nSPS) is 11.8. The highest BCUT2D eigenvalue weighted by molar-refractivity contribution is 7.89. The average Bonchev–Trinajstić information content (AvgIpc) is 3.18. The fourth-order valence-electron chi connectivity index (χ4n) is 3.74. The quantitative estimate of drug-likeness (QED) is 0.424. The second kappa shape index (κ2) is 11.5. The van der Waals surface area contributed by atoms with Gasteiger partial charge in [-0.15, -0.1) is 0 Å². The van der Waals surface area contributed by atoms with Crippen molar-refractivity contribution < 1.29 is 17.9 Å². The number of rotatable bonds is 12. The van der Waals surface area contributed by atoms with E-state index in [4.69, 9.17) is 9.72 Å². The van der Waals surface area contributed by atoms with Crippen LogP contribution in [-0.4, -0.2) is 55.9 Å². The van der Waals surface area contributed by atoms with Gasteiger partial charge in [0.15, 0.2) is 0 Å². The third kappa shape index (κ3) is 6.15. The number of hydrogen-bond donors (Lipinski definition) is 1. The van der Waals surface area contributed by atoms with Crippen LogP contribution in [0.15, 0.2) is 47.4 Å². The third-order valence-corrected chi connectivity index (χ3v) is 7.59. The molecule has 9 heteroatoms. The Hall–Kier alpha value is -2.91. The fraction of sp³-hybridized carbons (Fsp3) is 0.440. The molecule has 0 aliphatic carbocycles. The number of nitrogens with one attached hydrogen (secondary N) is 1. The van der Waals surface area contributed by atoms with Crippen molar-refractivity contribution in [2.24, 2.45) is 0 Å². The second-order valence-electron chi connectivity index (χ2n) is 8.42. The van der Waals surface area contributed by atoms with E-state index in [1.54, 1.807) is 19.2 Å². The summed E-state index contributed by atoms with van der Waals surface area (Å²) < 4.78 is 33.5. The van der Waals surface area contributed by atoms with Crippen LogP contribution in [0.3, 0.4) is 0 Å². The third-order valence-electron chi connectivity index (χ3n) is 5.78. The smallest absolute Gasteiger partial charge is 0.242 e. The summed E-state index contributed by atoms with van der Waals surface area (Å²) in [6.07, 6.45) is 3.56. The van der Waals surface area contributed by atoms with Crippen molar-refractivity contribution in [2.75, 3.05) is 27.7 Å². The summed E-state index contributed by atoms with van der Waals surface area (Å²) in [7, 11) is 1.12. The number of fused-ring (bicyclic) bond motifs is 1. The van der Waals surface area contributed by atoms with Gasteiger partial charge in [0, 0.05) is 40.0 Å². The van der Waals surface area contributed by atoms with Gasteiger partial charge in [0.2, 0.25) is 15.9 Å². The van der Waals surface area contributed by atoms with Gasteiger partial charge >= 0.3 is 0 Å². The van der Waals surface area contributed by atoms with Gasteiger partial charge in [0.25, 0.3) is 0 Å². The van der Waals surface area contributed by atoms with E-state index >= 15 is 0 Å². The fourth-order valence-corrected chi connectivity index (χ4v) is 4.66. The molecule has 0 radical (unpaired) electrons. The van der Waals surface area contributed by atoms with E-state index in [1.807, 2.05) is 30.3 Å². The van der Waals surface area contributed by atoms with Crippen LogP contribution in [0, 0.1) is 0 Å². The summed E-state index contributed by atoms with van der Waals surface area (Å²) in [5.41, 5.74) is 2.65. The lowest BCUT2D eigenvalue weighted by atomic mass is 10.1. The van der Waals surface area contributed by atoms with Crippen LogP contribution in [0.5, 0.6) is 5.75 Å². The van der Waals surface area contributed by atoms with Gasteiger partial charge in [-0.25, -0.2) is 17.7 Å². The first-order valence-corrected chi connectivity index (χ1v) is 13.0. The minimum Gasteiger partial charge on any atom is -0.497 e. The van der Waals surface area contributed by atoms with Gasteiger partial charge in [0.05, 0.1) is 23.0 Å². The van der Waals surface area contributed by atoms with Crippen LogP contribution in [0.1, 0.15) is 37.6 Å². The molecule has 0 aliphatic heterocycles. The zero-order valence-corrected chi connectivity index (χ0v) is 21.2. The number of unbranched alkanes of at least 4 members (excludes halogenated alkanes) is 1. The molecule has 0 saturated carbocycles. The van der Waals surface area contributed by atoms with Crippen LogP contribution < -0.4 is 10.1 Å². The average molecular weight is 487 g/mol. The highest BCUT2D eigenvalue weighted by Gasteiger charge is 2.20. The molecule has 184 valence electrons. The summed E-state index contributed by atoms with van der Waals surface area (Å²) in [6, 6.07) is 12.9. The van der Waals surface area contributed by atoms with E-state index in [-0.39, 0.29) is 10.8 Å². The number of carbonyl (C=O) groups excluding carboxylic acids is 1. The Kier molecular flexibility index (Phi) is 8.68. The molecule has 0 aliphatic rings. The SMILES string of the molecule is CCCCn1c(CCC(=O)NCCc2ccc(OC)cc2)nc2cc(S(=O)(=O)N(C)C)ccc21. The van der Waals surface area contributed by atoms with Gasteiger partial charge in [-0.2, -0.15) is 0 Å². The standard InChI is InChI=1S/C25H34N4O4S/c1-5-6-17-29-23-12-11-21(34(31,32)28(2)3)18-22(23)27-24(29)13-14-25(30)26-16-15-19-7-9-20(33-4)10-8-19/h7-12,18H,5-6,13-17H2,1-4H3,(H,26,30). The van der Waals surface area contributed by atoms with Crippen molar-refractivity contribution in [1.29, 1.82) is 0 Å². The molecule has 1 heterocycles. The maximum absolute atomic E-state index is 12.5. The minimum atomic E-state index is -3.54. The highest BCUT2D eigenvalue weighted by atomic mass is 32.2. The zero-order chi connectivity index (χ0) is 24.7. The number of sulfonamides is 1. The number of aromatic nitrogens is 2. The molecule has 0 fully saturated rings. The topological polar surface area (TPSA) is 93.5 Å². The number of hydrogen-bond acceptors (Lipinski definition) is 5. The Bertz CT molecular complexity index is 1220. The van der Waals surface area contributed by atoms with E-state index in [0.29, 0.717) is 24.9 Å². The first-order valence-electron chi connectivity index (χ1n) is 11.6. The van der Waals surface area contributed by atoms with E-state index in [2.05, 4.69) is 16.8 Å². The molecular formula is C25H34N4O4S.